The largest absolute Gasteiger partial charge is 0.416 e. The highest BCUT2D eigenvalue weighted by atomic mass is 19.4. The van der Waals surface area contributed by atoms with Crippen LogP contribution in [0.2, 0.25) is 0 Å². The zero-order valence-corrected chi connectivity index (χ0v) is 16.2. The smallest absolute Gasteiger partial charge is 0.366 e. The van der Waals surface area contributed by atoms with Gasteiger partial charge in [0.25, 0.3) is 0 Å². The van der Waals surface area contributed by atoms with Gasteiger partial charge in [0.15, 0.2) is 0 Å². The summed E-state index contributed by atoms with van der Waals surface area (Å²) in [7, 11) is 0. The van der Waals surface area contributed by atoms with Gasteiger partial charge >= 0.3 is 6.18 Å². The molecule has 1 aliphatic rings. The number of nitrogens with zero attached hydrogens (tertiary/aromatic N) is 2. The number of primary amides is 1. The molecule has 152 valence electrons. The molecule has 0 aliphatic heterocycles. The molecule has 7 heteroatoms. The Morgan fingerprint density at radius 2 is 1.89 bits per heavy atom. The summed E-state index contributed by atoms with van der Waals surface area (Å²) in [4.78, 5) is 11.8. The van der Waals surface area contributed by atoms with Crippen LogP contribution in [0.3, 0.4) is 0 Å². The van der Waals surface area contributed by atoms with Gasteiger partial charge in [-0.15, -0.1) is 0 Å². The van der Waals surface area contributed by atoms with Gasteiger partial charge in [-0.25, -0.2) is 0 Å². The molecular weight excluding hydrogens is 367 g/mol. The van der Waals surface area contributed by atoms with E-state index in [9.17, 15) is 18.0 Å². The predicted octanol–water partition coefficient (Wildman–Crippen LogP) is 4.85. The number of hydrogen-bond acceptors (Lipinski definition) is 2. The van der Waals surface area contributed by atoms with E-state index < -0.39 is 17.6 Å². The van der Waals surface area contributed by atoms with Crippen molar-refractivity contribution in [2.24, 2.45) is 11.7 Å². The molecule has 1 amide bonds. The van der Waals surface area contributed by atoms with Gasteiger partial charge in [-0.1, -0.05) is 13.0 Å². The summed E-state index contributed by atoms with van der Waals surface area (Å²) in [5.41, 5.74) is 7.41. The van der Waals surface area contributed by atoms with Crippen LogP contribution in [0, 0.1) is 12.8 Å². The third-order valence-corrected chi connectivity index (χ3v) is 5.76. The van der Waals surface area contributed by atoms with Crippen LogP contribution in [0.15, 0.2) is 24.3 Å². The van der Waals surface area contributed by atoms with Gasteiger partial charge < -0.3 is 5.73 Å². The van der Waals surface area contributed by atoms with E-state index in [4.69, 9.17) is 5.73 Å². The first kappa shape index (κ1) is 20.4. The molecule has 0 bridgehead atoms. The van der Waals surface area contributed by atoms with Crippen molar-refractivity contribution >= 4 is 5.91 Å². The van der Waals surface area contributed by atoms with Crippen LogP contribution >= 0.6 is 0 Å². The normalized spacial score (nSPS) is 20.3. The van der Waals surface area contributed by atoms with Crippen molar-refractivity contribution in [3.63, 3.8) is 0 Å². The van der Waals surface area contributed by atoms with E-state index in [0.29, 0.717) is 11.5 Å². The molecule has 0 atom stereocenters. The average Bonchev–Trinajstić information content (AvgIpc) is 3.01. The highest BCUT2D eigenvalue weighted by molar-refractivity contribution is 5.94. The molecule has 1 heterocycles. The topological polar surface area (TPSA) is 60.9 Å². The van der Waals surface area contributed by atoms with Gasteiger partial charge in [0.2, 0.25) is 5.91 Å². The summed E-state index contributed by atoms with van der Waals surface area (Å²) in [6, 6.07) is 5.47. The third kappa shape index (κ3) is 4.39. The van der Waals surface area contributed by atoms with Crippen molar-refractivity contribution in [2.75, 3.05) is 0 Å². The highest BCUT2D eigenvalue weighted by Gasteiger charge is 2.33. The molecule has 0 radical (unpaired) electrons. The van der Waals surface area contributed by atoms with Crippen LogP contribution in [0.1, 0.15) is 71.4 Å². The fourth-order valence-corrected chi connectivity index (χ4v) is 4.14. The van der Waals surface area contributed by atoms with E-state index in [2.05, 4.69) is 29.7 Å². The second-order valence-electron chi connectivity index (χ2n) is 7.69. The van der Waals surface area contributed by atoms with E-state index >= 15 is 0 Å². The number of carbonyl (C=O) groups excluding carboxylic acids is 1. The van der Waals surface area contributed by atoms with Gasteiger partial charge in [0.1, 0.15) is 0 Å². The van der Waals surface area contributed by atoms with E-state index in [1.165, 1.54) is 6.07 Å². The molecule has 4 nitrogen and oxygen atoms in total. The second-order valence-corrected chi connectivity index (χ2v) is 7.69. The fraction of sp³-hybridized carbons (Fsp3) is 0.524. The van der Waals surface area contributed by atoms with Crippen LogP contribution in [0.5, 0.6) is 0 Å². The molecule has 1 fully saturated rings. The summed E-state index contributed by atoms with van der Waals surface area (Å²) in [6.07, 6.45) is -0.0203. The number of hydrogen-bond donors (Lipinski definition) is 1. The minimum atomic E-state index is -4.49. The molecule has 1 aliphatic carbocycles. The quantitative estimate of drug-likeness (QED) is 0.790. The first-order valence-corrected chi connectivity index (χ1v) is 9.73. The SMILES string of the molecule is CCc1cc(C)n(CC2CCC(c3ccc(C(F)(F)F)cc3C(N)=O)CC2)n1. The van der Waals surface area contributed by atoms with Crippen molar-refractivity contribution in [3.8, 4) is 0 Å². The van der Waals surface area contributed by atoms with Crippen molar-refractivity contribution in [1.82, 2.24) is 9.78 Å². The van der Waals surface area contributed by atoms with Crippen LogP contribution in [0.25, 0.3) is 0 Å². The Kier molecular flexibility index (Phi) is 5.82. The lowest BCUT2D eigenvalue weighted by Crippen LogP contribution is -2.22. The Morgan fingerprint density at radius 1 is 1.21 bits per heavy atom. The Hall–Kier alpha value is -2.31. The van der Waals surface area contributed by atoms with Gasteiger partial charge in [-0.2, -0.15) is 18.3 Å². The Labute approximate surface area is 162 Å². The van der Waals surface area contributed by atoms with Crippen LogP contribution in [-0.2, 0) is 19.1 Å². The Bertz CT molecular complexity index is 849. The molecule has 2 N–H and O–H groups in total. The van der Waals surface area contributed by atoms with Crippen molar-refractivity contribution in [2.45, 2.75) is 64.6 Å². The van der Waals surface area contributed by atoms with Gasteiger partial charge in [-0.3, -0.25) is 9.48 Å². The Balaban J connectivity index is 1.70. The molecule has 1 aromatic carbocycles. The van der Waals surface area contributed by atoms with E-state index in [-0.39, 0.29) is 11.5 Å². The second kappa shape index (κ2) is 7.97. The van der Waals surface area contributed by atoms with Gasteiger partial charge in [0.05, 0.1) is 11.3 Å². The van der Waals surface area contributed by atoms with E-state index in [0.717, 1.165) is 62.2 Å². The number of rotatable bonds is 5. The molecule has 0 unspecified atom stereocenters. The molecule has 0 spiro atoms. The first-order valence-electron chi connectivity index (χ1n) is 9.73. The van der Waals surface area contributed by atoms with Crippen LogP contribution in [-0.4, -0.2) is 15.7 Å². The number of aryl methyl sites for hydroxylation is 2. The lowest BCUT2D eigenvalue weighted by Gasteiger charge is -2.30. The summed E-state index contributed by atoms with van der Waals surface area (Å²) in [5, 5.41) is 4.62. The molecule has 28 heavy (non-hydrogen) atoms. The number of carbonyl (C=O) groups is 1. The highest BCUT2D eigenvalue weighted by Crippen LogP contribution is 2.39. The van der Waals surface area contributed by atoms with Gasteiger partial charge in [-0.05, 0) is 74.6 Å². The first-order chi connectivity index (χ1) is 13.2. The number of aromatic nitrogens is 2. The molecule has 3 rings (SSSR count). The third-order valence-electron chi connectivity index (χ3n) is 5.76. The van der Waals surface area contributed by atoms with E-state index in [1.807, 2.05) is 0 Å². The maximum Gasteiger partial charge on any atom is 0.416 e. The van der Waals surface area contributed by atoms with Crippen molar-refractivity contribution in [1.29, 1.82) is 0 Å². The summed E-state index contributed by atoms with van der Waals surface area (Å²) in [5.74, 6) is -0.264. The zero-order chi connectivity index (χ0) is 20.5. The Morgan fingerprint density at radius 3 is 2.43 bits per heavy atom. The molecule has 1 saturated carbocycles. The lowest BCUT2D eigenvalue weighted by atomic mass is 9.77. The van der Waals surface area contributed by atoms with Crippen LogP contribution in [0.4, 0.5) is 13.2 Å². The van der Waals surface area contributed by atoms with E-state index in [1.54, 1.807) is 0 Å². The van der Waals surface area contributed by atoms with Gasteiger partial charge in [0, 0.05) is 17.8 Å². The minimum absolute atomic E-state index is 0.00576. The summed E-state index contributed by atoms with van der Waals surface area (Å²) >= 11 is 0. The number of amides is 1. The standard InChI is InChI=1S/C21H26F3N3O/c1-3-17-10-13(2)27(26-17)12-14-4-6-15(7-5-14)18-9-8-16(21(22,23)24)11-19(18)20(25)28/h8-11,14-15H,3-7,12H2,1-2H3,(H2,25,28). The monoisotopic (exact) mass is 393 g/mol. The summed E-state index contributed by atoms with van der Waals surface area (Å²) in [6.45, 7) is 4.99. The fourth-order valence-electron chi connectivity index (χ4n) is 4.14. The van der Waals surface area contributed by atoms with Crippen LogP contribution < -0.4 is 5.73 Å². The van der Waals surface area contributed by atoms with Crippen molar-refractivity contribution in [3.05, 3.63) is 52.3 Å². The lowest BCUT2D eigenvalue weighted by molar-refractivity contribution is -0.137. The minimum Gasteiger partial charge on any atom is -0.366 e. The zero-order valence-electron chi connectivity index (χ0n) is 16.2. The maximum atomic E-state index is 13.0. The predicted molar refractivity (Wildman–Crippen MR) is 101 cm³/mol. The number of nitrogens with two attached hydrogens (primary N) is 1. The molecule has 2 aromatic rings. The maximum absolute atomic E-state index is 13.0. The average molecular weight is 393 g/mol. The molecular formula is C21H26F3N3O. The number of alkyl halides is 3. The number of halogens is 3. The number of benzene rings is 1. The summed E-state index contributed by atoms with van der Waals surface area (Å²) < 4.78 is 40.9. The molecule has 0 saturated heterocycles. The van der Waals surface area contributed by atoms with Crippen molar-refractivity contribution < 1.29 is 18.0 Å². The molecule has 1 aromatic heterocycles.